The Morgan fingerprint density at radius 3 is 2.28 bits per heavy atom. The molecule has 2 aliphatic rings. The average Bonchev–Trinajstić information content (AvgIpc) is 3.44. The average molecular weight is 581 g/mol. The van der Waals surface area contributed by atoms with Crippen molar-refractivity contribution in [3.63, 3.8) is 0 Å². The predicted molar refractivity (Wildman–Crippen MR) is 168 cm³/mol. The topological polar surface area (TPSA) is 94.7 Å². The van der Waals surface area contributed by atoms with Crippen molar-refractivity contribution in [2.45, 2.75) is 46.1 Å². The standard InChI is InChI=1S/C34H40N6O3/c1-23-20-26(43-4)21-24(2)30(23)33(42)38(3)22-29-36-28-7-5-6-27(31(28)37-29)32(41)40-18-12-34(13-19-40)10-16-39(17-11-34)25-8-14-35-15-9-25/h5-9,14-15,20-21H,10-13,16-19,22H2,1-4H3,(H,36,37). The number of benzene rings is 2. The molecule has 2 aromatic carbocycles. The molecule has 0 bridgehead atoms. The largest absolute Gasteiger partial charge is 0.497 e. The first-order chi connectivity index (χ1) is 20.8. The summed E-state index contributed by atoms with van der Waals surface area (Å²) in [5, 5.41) is 0. The lowest BCUT2D eigenvalue weighted by Gasteiger charge is -2.47. The number of aromatic nitrogens is 3. The van der Waals surface area contributed by atoms with Gasteiger partial charge in [-0.15, -0.1) is 0 Å². The molecule has 1 N–H and O–H groups in total. The maximum Gasteiger partial charge on any atom is 0.256 e. The van der Waals surface area contributed by atoms with E-state index in [1.165, 1.54) is 5.69 Å². The number of pyridine rings is 1. The lowest BCUT2D eigenvalue weighted by atomic mass is 9.71. The third kappa shape index (κ3) is 5.68. The zero-order valence-electron chi connectivity index (χ0n) is 25.5. The summed E-state index contributed by atoms with van der Waals surface area (Å²) < 4.78 is 5.35. The lowest BCUT2D eigenvalue weighted by Crippen LogP contribution is -2.48. The number of para-hydroxylation sites is 1. The Balaban J connectivity index is 1.11. The second kappa shape index (κ2) is 11.7. The number of rotatable bonds is 6. The van der Waals surface area contributed by atoms with Crippen molar-refractivity contribution in [1.82, 2.24) is 24.8 Å². The highest BCUT2D eigenvalue weighted by molar-refractivity contribution is 6.05. The number of hydrogen-bond donors (Lipinski definition) is 1. The van der Waals surface area contributed by atoms with Crippen molar-refractivity contribution in [2.24, 2.45) is 5.41 Å². The van der Waals surface area contributed by atoms with Crippen molar-refractivity contribution < 1.29 is 14.3 Å². The van der Waals surface area contributed by atoms with E-state index in [0.29, 0.717) is 34.4 Å². The molecular formula is C34H40N6O3. The number of anilines is 1. The number of aromatic amines is 1. The molecule has 0 aliphatic carbocycles. The molecule has 4 aromatic rings. The van der Waals surface area contributed by atoms with E-state index in [1.807, 2.05) is 61.5 Å². The number of aryl methyl sites for hydroxylation is 2. The predicted octanol–water partition coefficient (Wildman–Crippen LogP) is 5.38. The maximum atomic E-state index is 13.8. The molecule has 224 valence electrons. The number of methoxy groups -OCH3 is 1. The molecule has 4 heterocycles. The minimum Gasteiger partial charge on any atom is -0.497 e. The summed E-state index contributed by atoms with van der Waals surface area (Å²) in [4.78, 5) is 45.5. The second-order valence-corrected chi connectivity index (χ2v) is 12.2. The smallest absolute Gasteiger partial charge is 0.256 e. The quantitative estimate of drug-likeness (QED) is 0.329. The minimum atomic E-state index is -0.0803. The number of hydrogen-bond acceptors (Lipinski definition) is 6. The van der Waals surface area contributed by atoms with E-state index in [0.717, 1.165) is 74.3 Å². The van der Waals surface area contributed by atoms with Gasteiger partial charge < -0.3 is 24.4 Å². The maximum absolute atomic E-state index is 13.8. The van der Waals surface area contributed by atoms with Crippen molar-refractivity contribution in [2.75, 3.05) is 45.2 Å². The van der Waals surface area contributed by atoms with Crippen LogP contribution in [0.4, 0.5) is 5.69 Å². The third-order valence-corrected chi connectivity index (χ3v) is 9.44. The monoisotopic (exact) mass is 580 g/mol. The number of carbonyl (C=O) groups excluding carboxylic acids is 2. The Labute approximate surface area is 252 Å². The molecule has 0 atom stereocenters. The fourth-order valence-electron chi connectivity index (χ4n) is 6.85. The molecule has 1 spiro atoms. The third-order valence-electron chi connectivity index (χ3n) is 9.44. The van der Waals surface area contributed by atoms with Gasteiger partial charge in [-0.05, 0) is 92.5 Å². The van der Waals surface area contributed by atoms with Crippen LogP contribution < -0.4 is 9.64 Å². The van der Waals surface area contributed by atoms with Crippen LogP contribution >= 0.6 is 0 Å². The number of ether oxygens (including phenoxy) is 1. The number of piperidine rings is 2. The lowest BCUT2D eigenvalue weighted by molar-refractivity contribution is 0.0516. The summed E-state index contributed by atoms with van der Waals surface area (Å²) in [6.45, 7) is 7.75. The molecule has 2 aromatic heterocycles. The number of fused-ring (bicyclic) bond motifs is 1. The van der Waals surface area contributed by atoms with Gasteiger partial charge in [-0.1, -0.05) is 6.07 Å². The number of imidazole rings is 1. The number of nitrogens with zero attached hydrogens (tertiary/aromatic N) is 5. The minimum absolute atomic E-state index is 0.0293. The molecule has 2 amide bonds. The summed E-state index contributed by atoms with van der Waals surface area (Å²) >= 11 is 0. The molecule has 2 saturated heterocycles. The number of H-pyrrole nitrogens is 1. The summed E-state index contributed by atoms with van der Waals surface area (Å²) in [6.07, 6.45) is 8.07. The molecule has 0 unspecified atom stereocenters. The molecule has 2 aliphatic heterocycles. The van der Waals surface area contributed by atoms with Crippen LogP contribution in [0.5, 0.6) is 5.75 Å². The van der Waals surface area contributed by atoms with Gasteiger partial charge >= 0.3 is 0 Å². The second-order valence-electron chi connectivity index (χ2n) is 12.2. The Bertz CT molecular complexity index is 1610. The Morgan fingerprint density at radius 2 is 1.63 bits per heavy atom. The van der Waals surface area contributed by atoms with E-state index < -0.39 is 0 Å². The van der Waals surface area contributed by atoms with Crippen molar-refractivity contribution in [3.05, 3.63) is 82.9 Å². The first kappa shape index (κ1) is 28.7. The van der Waals surface area contributed by atoms with Crippen LogP contribution in [0, 0.1) is 19.3 Å². The van der Waals surface area contributed by atoms with Gasteiger partial charge in [-0.2, -0.15) is 0 Å². The summed E-state index contributed by atoms with van der Waals surface area (Å²) in [6, 6.07) is 13.6. The highest BCUT2D eigenvalue weighted by atomic mass is 16.5. The Hall–Kier alpha value is -4.40. The molecule has 6 rings (SSSR count). The first-order valence-corrected chi connectivity index (χ1v) is 15.1. The van der Waals surface area contributed by atoms with Gasteiger partial charge in [-0.25, -0.2) is 4.98 Å². The fraction of sp³-hybridized carbons (Fsp3) is 0.412. The Morgan fingerprint density at radius 1 is 0.977 bits per heavy atom. The van der Waals surface area contributed by atoms with E-state index in [4.69, 9.17) is 9.72 Å². The fourth-order valence-corrected chi connectivity index (χ4v) is 6.85. The van der Waals surface area contributed by atoms with Crippen LogP contribution in [0.3, 0.4) is 0 Å². The van der Waals surface area contributed by atoms with Gasteiger partial charge in [0.05, 0.1) is 24.7 Å². The molecule has 9 heteroatoms. The van der Waals surface area contributed by atoms with Crippen molar-refractivity contribution in [3.8, 4) is 5.75 Å². The number of nitrogens with one attached hydrogen (secondary N) is 1. The van der Waals surface area contributed by atoms with Gasteiger partial charge in [-0.3, -0.25) is 14.6 Å². The number of carbonyl (C=O) groups is 2. The van der Waals surface area contributed by atoms with E-state index in [-0.39, 0.29) is 11.8 Å². The molecule has 0 radical (unpaired) electrons. The molecule has 0 saturated carbocycles. The summed E-state index contributed by atoms with van der Waals surface area (Å²) in [5.41, 5.74) is 6.03. The van der Waals surface area contributed by atoms with Gasteiger partial charge in [0.1, 0.15) is 17.1 Å². The van der Waals surface area contributed by atoms with E-state index in [9.17, 15) is 9.59 Å². The van der Waals surface area contributed by atoms with Gasteiger partial charge in [0.2, 0.25) is 0 Å². The Kier molecular flexibility index (Phi) is 7.81. The highest BCUT2D eigenvalue weighted by Crippen LogP contribution is 2.42. The van der Waals surface area contributed by atoms with Crippen LogP contribution in [-0.4, -0.2) is 76.9 Å². The van der Waals surface area contributed by atoms with E-state index in [1.54, 1.807) is 19.1 Å². The molecule has 43 heavy (non-hydrogen) atoms. The number of amides is 2. The van der Waals surface area contributed by atoms with Gasteiger partial charge in [0, 0.05) is 56.9 Å². The zero-order chi connectivity index (χ0) is 30.1. The van der Waals surface area contributed by atoms with Gasteiger partial charge in [0.25, 0.3) is 11.8 Å². The summed E-state index contributed by atoms with van der Waals surface area (Å²) in [7, 11) is 3.40. The molecule has 2 fully saturated rings. The molecular weight excluding hydrogens is 540 g/mol. The normalized spacial score (nSPS) is 16.5. The van der Waals surface area contributed by atoms with Crippen LogP contribution in [0.1, 0.15) is 63.4 Å². The van der Waals surface area contributed by atoms with E-state index >= 15 is 0 Å². The van der Waals surface area contributed by atoms with Crippen LogP contribution in [0.15, 0.2) is 54.9 Å². The van der Waals surface area contributed by atoms with Crippen LogP contribution in [-0.2, 0) is 6.54 Å². The van der Waals surface area contributed by atoms with E-state index in [2.05, 4.69) is 27.0 Å². The highest BCUT2D eigenvalue weighted by Gasteiger charge is 2.39. The number of likely N-dealkylation sites (tertiary alicyclic amines) is 1. The molecule has 9 nitrogen and oxygen atoms in total. The van der Waals surface area contributed by atoms with Crippen molar-refractivity contribution >= 4 is 28.5 Å². The van der Waals surface area contributed by atoms with Gasteiger partial charge in [0.15, 0.2) is 0 Å². The van der Waals surface area contributed by atoms with Crippen LogP contribution in [0.2, 0.25) is 0 Å². The van der Waals surface area contributed by atoms with Crippen molar-refractivity contribution in [1.29, 1.82) is 0 Å². The SMILES string of the molecule is COc1cc(C)c(C(=O)N(C)Cc2nc3c(C(=O)N4CCC5(CC4)CCN(c4ccncc4)CC5)cccc3[nH]2)c(C)c1. The first-order valence-electron chi connectivity index (χ1n) is 15.1. The van der Waals surface area contributed by atoms with Crippen LogP contribution in [0.25, 0.3) is 11.0 Å². The zero-order valence-corrected chi connectivity index (χ0v) is 25.5. The summed E-state index contributed by atoms with van der Waals surface area (Å²) in [5.74, 6) is 1.33.